The molecule has 0 spiro atoms. The van der Waals surface area contributed by atoms with Crippen molar-refractivity contribution in [2.75, 3.05) is 0 Å². The molecule has 0 fully saturated rings. The molecule has 7 heteroatoms. The molecular weight excluding hydrogens is 216 g/mol. The molecule has 0 radical (unpaired) electrons. The van der Waals surface area contributed by atoms with Crippen LogP contribution < -0.4 is 5.73 Å². The number of carbonyl (C=O) groups excluding carboxylic acids is 1. The van der Waals surface area contributed by atoms with E-state index >= 15 is 0 Å². The average molecular weight is 224 g/mol. The topological polar surface area (TPSA) is 124 Å². The van der Waals surface area contributed by atoms with Gasteiger partial charge in [0.15, 0.2) is 0 Å². The number of carbonyl (C=O) groups is 2. The lowest BCUT2D eigenvalue weighted by atomic mass is 10.0. The van der Waals surface area contributed by atoms with Gasteiger partial charge in [0.1, 0.15) is 5.56 Å². The molecule has 0 saturated heterocycles. The number of nitrogens with zero attached hydrogens (tertiary/aromatic N) is 1. The first-order chi connectivity index (χ1) is 7.43. The predicted octanol–water partition coefficient (Wildman–Crippen LogP) is 0.321. The molecule has 0 heterocycles. The molecule has 1 rings (SSSR count). The minimum atomic E-state index is -1.46. The molecule has 1 aromatic carbocycles. The molecule has 1 aromatic rings. The van der Waals surface area contributed by atoms with Gasteiger partial charge in [-0.1, -0.05) is 12.1 Å². The maximum atomic E-state index is 10.9. The minimum Gasteiger partial charge on any atom is -0.477 e. The number of nitrogens with two attached hydrogens (primary N) is 1. The first-order valence-corrected chi connectivity index (χ1v) is 4.21. The van der Waals surface area contributed by atoms with Gasteiger partial charge in [0.05, 0.1) is 11.3 Å². The van der Waals surface area contributed by atoms with Gasteiger partial charge in [-0.15, -0.1) is 0 Å². The zero-order valence-electron chi connectivity index (χ0n) is 8.04. The number of hydrogen-bond acceptors (Lipinski definition) is 4. The Morgan fingerprint density at radius 3 is 2.50 bits per heavy atom. The van der Waals surface area contributed by atoms with E-state index in [0.717, 1.165) is 6.07 Å². The van der Waals surface area contributed by atoms with Crippen molar-refractivity contribution in [1.29, 1.82) is 0 Å². The predicted molar refractivity (Wildman–Crippen MR) is 53.0 cm³/mol. The van der Waals surface area contributed by atoms with Gasteiger partial charge in [-0.05, 0) is 5.56 Å². The summed E-state index contributed by atoms with van der Waals surface area (Å²) in [5, 5.41) is 19.4. The van der Waals surface area contributed by atoms with Crippen LogP contribution in [0.5, 0.6) is 0 Å². The minimum absolute atomic E-state index is 0.0363. The quantitative estimate of drug-likeness (QED) is 0.563. The van der Waals surface area contributed by atoms with Crippen molar-refractivity contribution in [2.24, 2.45) is 5.73 Å². The Balaban J connectivity index is 3.38. The Labute approximate surface area is 89.6 Å². The molecule has 3 N–H and O–H groups in total. The first kappa shape index (κ1) is 11.6. The van der Waals surface area contributed by atoms with E-state index in [0.29, 0.717) is 0 Å². The number of rotatable bonds is 4. The Morgan fingerprint density at radius 1 is 1.44 bits per heavy atom. The number of nitro groups is 1. The molecule has 0 atom stereocenters. The highest BCUT2D eigenvalue weighted by atomic mass is 16.6. The van der Waals surface area contributed by atoms with E-state index in [9.17, 15) is 19.7 Å². The van der Waals surface area contributed by atoms with Gasteiger partial charge in [-0.25, -0.2) is 4.79 Å². The molecule has 84 valence electrons. The number of nitro benzene ring substituents is 1. The van der Waals surface area contributed by atoms with Crippen LogP contribution in [0, 0.1) is 10.1 Å². The molecule has 0 unspecified atom stereocenters. The first-order valence-electron chi connectivity index (χ1n) is 4.21. The molecule has 0 aliphatic carbocycles. The van der Waals surface area contributed by atoms with Crippen molar-refractivity contribution < 1.29 is 19.6 Å². The summed E-state index contributed by atoms with van der Waals surface area (Å²) in [4.78, 5) is 31.3. The van der Waals surface area contributed by atoms with Crippen LogP contribution in [0.1, 0.15) is 15.9 Å². The largest absolute Gasteiger partial charge is 0.477 e. The molecule has 0 bridgehead atoms. The lowest BCUT2D eigenvalue weighted by Gasteiger charge is -2.04. The lowest BCUT2D eigenvalue weighted by molar-refractivity contribution is -0.385. The molecule has 0 aromatic heterocycles. The Kier molecular flexibility index (Phi) is 3.19. The fourth-order valence-electron chi connectivity index (χ4n) is 1.32. The fourth-order valence-corrected chi connectivity index (χ4v) is 1.32. The zero-order valence-corrected chi connectivity index (χ0v) is 8.04. The SMILES string of the molecule is NC(=O)Cc1cccc([N+](=O)[O-])c1C(=O)O. The molecular formula is C9H8N2O5. The Bertz CT molecular complexity index is 469. The summed E-state index contributed by atoms with van der Waals surface area (Å²) in [6.45, 7) is 0. The summed E-state index contributed by atoms with van der Waals surface area (Å²) in [5.41, 5.74) is 3.91. The third-order valence-corrected chi connectivity index (χ3v) is 1.90. The highest BCUT2D eigenvalue weighted by molar-refractivity contribution is 5.95. The van der Waals surface area contributed by atoms with Gasteiger partial charge in [-0.2, -0.15) is 0 Å². The third-order valence-electron chi connectivity index (χ3n) is 1.90. The normalized spacial score (nSPS) is 9.75. The van der Waals surface area contributed by atoms with Gasteiger partial charge in [0, 0.05) is 6.07 Å². The number of hydrogen-bond donors (Lipinski definition) is 2. The Morgan fingerprint density at radius 2 is 2.06 bits per heavy atom. The van der Waals surface area contributed by atoms with Crippen molar-refractivity contribution in [1.82, 2.24) is 0 Å². The van der Waals surface area contributed by atoms with Crippen LogP contribution in [0.15, 0.2) is 18.2 Å². The van der Waals surface area contributed by atoms with Crippen LogP contribution >= 0.6 is 0 Å². The van der Waals surface area contributed by atoms with E-state index in [1.165, 1.54) is 12.1 Å². The van der Waals surface area contributed by atoms with Crippen molar-refractivity contribution >= 4 is 17.6 Å². The van der Waals surface area contributed by atoms with Crippen LogP contribution in [0.4, 0.5) is 5.69 Å². The highest BCUT2D eigenvalue weighted by Crippen LogP contribution is 2.22. The monoisotopic (exact) mass is 224 g/mol. The number of benzene rings is 1. The Hall–Kier alpha value is -2.44. The zero-order chi connectivity index (χ0) is 12.3. The number of aromatic carboxylic acids is 1. The number of amides is 1. The molecule has 7 nitrogen and oxygen atoms in total. The van der Waals surface area contributed by atoms with E-state index in [-0.39, 0.29) is 12.0 Å². The molecule has 0 aliphatic rings. The maximum Gasteiger partial charge on any atom is 0.343 e. The number of carboxylic acids is 1. The van der Waals surface area contributed by atoms with Crippen molar-refractivity contribution in [2.45, 2.75) is 6.42 Å². The van der Waals surface area contributed by atoms with Crippen molar-refractivity contribution in [3.63, 3.8) is 0 Å². The van der Waals surface area contributed by atoms with E-state index in [2.05, 4.69) is 0 Å². The van der Waals surface area contributed by atoms with Crippen LogP contribution in [0.25, 0.3) is 0 Å². The summed E-state index contributed by atoms with van der Waals surface area (Å²) in [5.74, 6) is -2.20. The van der Waals surface area contributed by atoms with Crippen LogP contribution in [0.3, 0.4) is 0 Å². The standard InChI is InChI=1S/C9H8N2O5/c10-7(12)4-5-2-1-3-6(11(15)16)8(5)9(13)14/h1-3H,4H2,(H2,10,12)(H,13,14). The summed E-state index contributed by atoms with van der Waals surface area (Å²) in [6, 6.07) is 3.69. The molecule has 16 heavy (non-hydrogen) atoms. The fraction of sp³-hybridized carbons (Fsp3) is 0.111. The second-order valence-corrected chi connectivity index (χ2v) is 3.02. The van der Waals surface area contributed by atoms with Gasteiger partial charge in [-0.3, -0.25) is 14.9 Å². The number of carboxylic acid groups (broad SMARTS) is 1. The van der Waals surface area contributed by atoms with Crippen molar-refractivity contribution in [3.8, 4) is 0 Å². The van der Waals surface area contributed by atoms with Gasteiger partial charge < -0.3 is 10.8 Å². The lowest BCUT2D eigenvalue weighted by Crippen LogP contribution is -2.17. The van der Waals surface area contributed by atoms with Gasteiger partial charge >= 0.3 is 5.97 Å². The van der Waals surface area contributed by atoms with Crippen LogP contribution in [-0.2, 0) is 11.2 Å². The van der Waals surface area contributed by atoms with Crippen LogP contribution in [0.2, 0.25) is 0 Å². The maximum absolute atomic E-state index is 10.9. The molecule has 0 aliphatic heterocycles. The van der Waals surface area contributed by atoms with Crippen LogP contribution in [-0.4, -0.2) is 21.9 Å². The second kappa shape index (κ2) is 4.39. The summed E-state index contributed by atoms with van der Waals surface area (Å²) in [7, 11) is 0. The van der Waals surface area contributed by atoms with E-state index in [4.69, 9.17) is 10.8 Å². The summed E-state index contributed by atoms with van der Waals surface area (Å²) >= 11 is 0. The average Bonchev–Trinajstić information content (AvgIpc) is 2.15. The van der Waals surface area contributed by atoms with E-state index in [1.807, 2.05) is 0 Å². The van der Waals surface area contributed by atoms with Gasteiger partial charge in [0.25, 0.3) is 5.69 Å². The van der Waals surface area contributed by atoms with Gasteiger partial charge in [0.2, 0.25) is 5.91 Å². The smallest absolute Gasteiger partial charge is 0.343 e. The second-order valence-electron chi connectivity index (χ2n) is 3.02. The summed E-state index contributed by atoms with van der Waals surface area (Å²) in [6.07, 6.45) is -0.344. The molecule has 0 saturated carbocycles. The number of primary amides is 1. The molecule has 1 amide bonds. The summed E-state index contributed by atoms with van der Waals surface area (Å²) < 4.78 is 0. The third kappa shape index (κ3) is 2.32. The van der Waals surface area contributed by atoms with E-state index < -0.39 is 28.1 Å². The van der Waals surface area contributed by atoms with Crippen molar-refractivity contribution in [3.05, 3.63) is 39.4 Å². The highest BCUT2D eigenvalue weighted by Gasteiger charge is 2.23. The van der Waals surface area contributed by atoms with E-state index in [1.54, 1.807) is 0 Å².